The second kappa shape index (κ2) is 11.0. The van der Waals surface area contributed by atoms with Crippen LogP contribution >= 0.6 is 24.8 Å². The topological polar surface area (TPSA) is 54.3 Å². The second-order valence-electron chi connectivity index (χ2n) is 8.30. The van der Waals surface area contributed by atoms with Gasteiger partial charge in [0.05, 0.1) is 22.7 Å². The van der Waals surface area contributed by atoms with Crippen molar-refractivity contribution in [2.75, 3.05) is 37.6 Å². The predicted molar refractivity (Wildman–Crippen MR) is 140 cm³/mol. The molecule has 1 fully saturated rings. The van der Waals surface area contributed by atoms with E-state index >= 15 is 0 Å². The fourth-order valence-corrected chi connectivity index (χ4v) is 4.42. The molecule has 0 unspecified atom stereocenters. The lowest BCUT2D eigenvalue weighted by Gasteiger charge is -2.36. The lowest BCUT2D eigenvalue weighted by atomic mass is 10.1. The summed E-state index contributed by atoms with van der Waals surface area (Å²) in [5.74, 6) is 0. The van der Waals surface area contributed by atoms with Crippen LogP contribution in [0.15, 0.2) is 65.8 Å². The molecule has 5 rings (SSSR count). The summed E-state index contributed by atoms with van der Waals surface area (Å²) in [6, 6.07) is 16.7. The van der Waals surface area contributed by atoms with Gasteiger partial charge < -0.3 is 4.90 Å². The van der Waals surface area contributed by atoms with E-state index in [2.05, 4.69) is 56.2 Å². The highest BCUT2D eigenvalue weighted by molar-refractivity contribution is 6.02. The number of fused-ring (bicyclic) bond motifs is 3. The monoisotopic (exact) mass is 485 g/mol. The molecule has 0 bridgehead atoms. The van der Waals surface area contributed by atoms with E-state index in [9.17, 15) is 4.79 Å². The third-order valence-electron chi connectivity index (χ3n) is 6.18. The molecule has 1 saturated heterocycles. The van der Waals surface area contributed by atoms with E-state index < -0.39 is 0 Å². The molecule has 0 N–H and O–H groups in total. The second-order valence-corrected chi connectivity index (χ2v) is 8.30. The van der Waals surface area contributed by atoms with Gasteiger partial charge in [0.15, 0.2) is 0 Å². The Hall–Kier alpha value is -2.67. The molecule has 3 heterocycles. The highest BCUT2D eigenvalue weighted by Gasteiger charge is 2.17. The smallest absolute Gasteiger partial charge is 0.262 e. The molecule has 0 aliphatic carbocycles. The van der Waals surface area contributed by atoms with Crippen molar-refractivity contribution in [3.05, 3.63) is 77.0 Å². The summed E-state index contributed by atoms with van der Waals surface area (Å²) in [6.07, 6.45) is 4.29. The number of para-hydroxylation sites is 1. The van der Waals surface area contributed by atoms with Crippen LogP contribution in [-0.2, 0) is 6.54 Å². The number of piperazine rings is 1. The van der Waals surface area contributed by atoms with Gasteiger partial charge in [0, 0.05) is 50.0 Å². The number of pyridine rings is 1. The molecule has 0 radical (unpaired) electrons. The summed E-state index contributed by atoms with van der Waals surface area (Å²) in [5.41, 5.74) is 4.05. The number of halogens is 2. The molecule has 6 nitrogen and oxygen atoms in total. The van der Waals surface area contributed by atoms with Crippen molar-refractivity contribution in [2.45, 2.75) is 19.9 Å². The Bertz CT molecular complexity index is 1270. The normalized spacial score (nSPS) is 14.2. The zero-order valence-corrected chi connectivity index (χ0v) is 20.3. The van der Waals surface area contributed by atoms with Gasteiger partial charge in [-0.15, -0.1) is 24.8 Å². The van der Waals surface area contributed by atoms with E-state index in [-0.39, 0.29) is 30.4 Å². The number of anilines is 1. The molecule has 8 heteroatoms. The first-order chi connectivity index (χ1) is 15.2. The van der Waals surface area contributed by atoms with E-state index in [0.29, 0.717) is 11.9 Å². The SMILES string of the molecule is Cc1ccc2ncc3c(=O)n(CCCN4CCN(c5ccccc5)CC4)cnc3c2c1.Cl.Cl. The van der Waals surface area contributed by atoms with Gasteiger partial charge in [-0.25, -0.2) is 4.98 Å². The molecule has 0 amide bonds. The summed E-state index contributed by atoms with van der Waals surface area (Å²) in [5, 5.41) is 1.54. The fraction of sp³-hybridized carbons (Fsp3) is 0.320. The van der Waals surface area contributed by atoms with Gasteiger partial charge in [0.1, 0.15) is 0 Å². The maximum Gasteiger partial charge on any atom is 0.262 e. The molecule has 33 heavy (non-hydrogen) atoms. The van der Waals surface area contributed by atoms with Crippen LogP contribution in [0.1, 0.15) is 12.0 Å². The van der Waals surface area contributed by atoms with Gasteiger partial charge in [0.2, 0.25) is 0 Å². The van der Waals surface area contributed by atoms with E-state index in [4.69, 9.17) is 0 Å². The third-order valence-corrected chi connectivity index (χ3v) is 6.18. The molecule has 0 atom stereocenters. The molecular formula is C25H29Cl2N5O. The summed E-state index contributed by atoms with van der Waals surface area (Å²) in [4.78, 5) is 27.0. The van der Waals surface area contributed by atoms with Crippen LogP contribution in [0.5, 0.6) is 0 Å². The van der Waals surface area contributed by atoms with Crippen LogP contribution < -0.4 is 10.5 Å². The van der Waals surface area contributed by atoms with Crippen LogP contribution in [0, 0.1) is 6.92 Å². The van der Waals surface area contributed by atoms with E-state index in [1.54, 1.807) is 17.1 Å². The minimum Gasteiger partial charge on any atom is -0.369 e. The fourth-order valence-electron chi connectivity index (χ4n) is 4.42. The van der Waals surface area contributed by atoms with Crippen LogP contribution in [0.4, 0.5) is 5.69 Å². The third kappa shape index (κ3) is 5.29. The van der Waals surface area contributed by atoms with Gasteiger partial charge in [-0.05, 0) is 44.2 Å². The van der Waals surface area contributed by atoms with Gasteiger partial charge in [0.25, 0.3) is 5.56 Å². The van der Waals surface area contributed by atoms with Crippen molar-refractivity contribution in [2.24, 2.45) is 0 Å². The van der Waals surface area contributed by atoms with Crippen LogP contribution in [0.3, 0.4) is 0 Å². The van der Waals surface area contributed by atoms with E-state index in [1.165, 1.54) is 5.69 Å². The molecule has 4 aromatic rings. The predicted octanol–water partition coefficient (Wildman–Crippen LogP) is 4.31. The minimum absolute atomic E-state index is 0. The Labute approximate surface area is 206 Å². The molecular weight excluding hydrogens is 457 g/mol. The summed E-state index contributed by atoms with van der Waals surface area (Å²) in [7, 11) is 0. The molecule has 1 aliphatic heterocycles. The van der Waals surface area contributed by atoms with Gasteiger partial charge >= 0.3 is 0 Å². The van der Waals surface area contributed by atoms with Crippen LogP contribution in [0.2, 0.25) is 0 Å². The van der Waals surface area contributed by atoms with E-state index in [1.807, 2.05) is 19.1 Å². The lowest BCUT2D eigenvalue weighted by Crippen LogP contribution is -2.46. The highest BCUT2D eigenvalue weighted by atomic mass is 35.5. The summed E-state index contributed by atoms with van der Waals surface area (Å²) >= 11 is 0. The summed E-state index contributed by atoms with van der Waals surface area (Å²) in [6.45, 7) is 7.89. The first-order valence-electron chi connectivity index (χ1n) is 11.0. The van der Waals surface area contributed by atoms with Crippen molar-refractivity contribution in [3.63, 3.8) is 0 Å². The maximum atomic E-state index is 13.0. The molecule has 0 saturated carbocycles. The molecule has 2 aromatic carbocycles. The zero-order chi connectivity index (χ0) is 21.2. The average molecular weight is 486 g/mol. The van der Waals surface area contributed by atoms with Crippen molar-refractivity contribution in [1.29, 1.82) is 0 Å². The van der Waals surface area contributed by atoms with Crippen molar-refractivity contribution >= 4 is 52.3 Å². The number of aromatic nitrogens is 3. The number of rotatable bonds is 5. The van der Waals surface area contributed by atoms with Crippen LogP contribution in [0.25, 0.3) is 21.8 Å². The standard InChI is InChI=1S/C25H27N5O.2ClH/c1-19-8-9-23-21(16-19)24-22(17-26-23)25(31)30(18-27-24)11-5-10-28-12-14-29(15-13-28)20-6-3-2-4-7-20;;/h2-4,6-9,16-18H,5,10-15H2,1H3;2*1H. The Morgan fingerprint density at radius 1 is 0.879 bits per heavy atom. The largest absolute Gasteiger partial charge is 0.369 e. The number of nitrogens with zero attached hydrogens (tertiary/aromatic N) is 5. The van der Waals surface area contributed by atoms with Gasteiger partial charge in [-0.1, -0.05) is 29.8 Å². The molecule has 2 aromatic heterocycles. The Kier molecular flexibility index (Phi) is 8.30. The van der Waals surface area contributed by atoms with Crippen molar-refractivity contribution in [1.82, 2.24) is 19.4 Å². The van der Waals surface area contributed by atoms with Crippen molar-refractivity contribution in [3.8, 4) is 0 Å². The number of aryl methyl sites for hydroxylation is 2. The van der Waals surface area contributed by atoms with Gasteiger partial charge in [-0.3, -0.25) is 19.2 Å². The number of hydrogen-bond donors (Lipinski definition) is 0. The number of benzene rings is 2. The average Bonchev–Trinajstić information content (AvgIpc) is 2.81. The number of hydrogen-bond acceptors (Lipinski definition) is 5. The molecule has 0 spiro atoms. The lowest BCUT2D eigenvalue weighted by molar-refractivity contribution is 0.250. The first-order valence-corrected chi connectivity index (χ1v) is 11.0. The zero-order valence-electron chi connectivity index (χ0n) is 18.7. The Morgan fingerprint density at radius 2 is 1.64 bits per heavy atom. The maximum absolute atomic E-state index is 13.0. The van der Waals surface area contributed by atoms with E-state index in [0.717, 1.165) is 61.1 Å². The Morgan fingerprint density at radius 3 is 2.39 bits per heavy atom. The molecule has 174 valence electrons. The van der Waals surface area contributed by atoms with Gasteiger partial charge in [-0.2, -0.15) is 0 Å². The Balaban J connectivity index is 0.00000153. The van der Waals surface area contributed by atoms with Crippen molar-refractivity contribution < 1.29 is 0 Å². The quantitative estimate of drug-likeness (QED) is 0.394. The minimum atomic E-state index is -0.00481. The summed E-state index contributed by atoms with van der Waals surface area (Å²) < 4.78 is 1.73. The van der Waals surface area contributed by atoms with Crippen LogP contribution in [-0.4, -0.2) is 52.2 Å². The highest BCUT2D eigenvalue weighted by Crippen LogP contribution is 2.20. The first kappa shape index (κ1) is 25.0. The molecule has 1 aliphatic rings.